The molecule has 11 heteroatoms. The smallest absolute Gasteiger partial charge is 0.387 e. The minimum atomic E-state index is -4.03. The first-order valence-corrected chi connectivity index (χ1v) is 8.89. The van der Waals surface area contributed by atoms with Gasteiger partial charge in [-0.3, -0.25) is 4.72 Å². The van der Waals surface area contributed by atoms with E-state index in [-0.39, 0.29) is 30.8 Å². The van der Waals surface area contributed by atoms with E-state index in [1.165, 1.54) is 25.3 Å². The molecule has 0 aliphatic carbocycles. The number of rotatable bonds is 6. The molecule has 0 spiro atoms. The summed E-state index contributed by atoms with van der Waals surface area (Å²) < 4.78 is 60.8. The van der Waals surface area contributed by atoms with Gasteiger partial charge in [-0.25, -0.2) is 8.42 Å². The van der Waals surface area contributed by atoms with Crippen molar-refractivity contribution in [2.75, 3.05) is 11.8 Å². The molecule has 0 aliphatic heterocycles. The number of ether oxygens (including phenoxy) is 2. The standard InChI is InChI=1S/C12H9Cl2F2NO4S2/c1-20-7-3-2-6(4-8(7)21-12(15)16)17-23(18,19)9-5-10(13)22-11(9)14/h2-5,12,17H,1H3. The summed E-state index contributed by atoms with van der Waals surface area (Å²) in [7, 11) is -2.76. The van der Waals surface area contributed by atoms with E-state index < -0.39 is 16.6 Å². The van der Waals surface area contributed by atoms with Crippen molar-refractivity contribution in [2.24, 2.45) is 0 Å². The summed E-state index contributed by atoms with van der Waals surface area (Å²) in [6.07, 6.45) is 0. The van der Waals surface area contributed by atoms with Crippen molar-refractivity contribution >= 4 is 50.2 Å². The molecule has 1 N–H and O–H groups in total. The van der Waals surface area contributed by atoms with Crippen LogP contribution in [0.4, 0.5) is 14.5 Å². The van der Waals surface area contributed by atoms with E-state index in [4.69, 9.17) is 27.9 Å². The number of benzene rings is 1. The first-order valence-electron chi connectivity index (χ1n) is 5.83. The lowest BCUT2D eigenvalue weighted by Gasteiger charge is -2.12. The van der Waals surface area contributed by atoms with Crippen LogP contribution in [-0.2, 0) is 10.0 Å². The Kier molecular flexibility index (Phi) is 5.56. The molecule has 0 radical (unpaired) electrons. The van der Waals surface area contributed by atoms with Gasteiger partial charge < -0.3 is 9.47 Å². The molecule has 1 aromatic carbocycles. The number of hydrogen-bond donors (Lipinski definition) is 1. The molecule has 0 unspecified atom stereocenters. The Hall–Kier alpha value is -1.29. The summed E-state index contributed by atoms with van der Waals surface area (Å²) in [6, 6.07) is 4.88. The van der Waals surface area contributed by atoms with Gasteiger partial charge in [-0.05, 0) is 18.2 Å². The molecular formula is C12H9Cl2F2NO4S2. The second-order valence-corrected chi connectivity index (χ2v) is 7.97. The third kappa shape index (κ3) is 4.37. The molecule has 126 valence electrons. The number of hydrogen-bond acceptors (Lipinski definition) is 5. The largest absolute Gasteiger partial charge is 0.493 e. The maximum atomic E-state index is 12.4. The highest BCUT2D eigenvalue weighted by Crippen LogP contribution is 2.36. The zero-order valence-corrected chi connectivity index (χ0v) is 14.5. The molecule has 23 heavy (non-hydrogen) atoms. The van der Waals surface area contributed by atoms with Gasteiger partial charge in [0.15, 0.2) is 11.5 Å². The fourth-order valence-corrected chi connectivity index (χ4v) is 4.85. The Morgan fingerprint density at radius 3 is 2.43 bits per heavy atom. The van der Waals surface area contributed by atoms with Crippen LogP contribution < -0.4 is 14.2 Å². The summed E-state index contributed by atoms with van der Waals surface area (Å²) >= 11 is 12.4. The lowest BCUT2D eigenvalue weighted by atomic mass is 10.3. The number of sulfonamides is 1. The summed E-state index contributed by atoms with van der Waals surface area (Å²) in [5.74, 6) is -0.276. The van der Waals surface area contributed by atoms with Crippen LogP contribution in [-0.4, -0.2) is 22.1 Å². The average Bonchev–Trinajstić information content (AvgIpc) is 2.78. The molecule has 0 amide bonds. The van der Waals surface area contributed by atoms with E-state index in [1.807, 2.05) is 0 Å². The van der Waals surface area contributed by atoms with Crippen LogP contribution in [0.5, 0.6) is 11.5 Å². The van der Waals surface area contributed by atoms with Crippen LogP contribution in [0.2, 0.25) is 8.67 Å². The van der Waals surface area contributed by atoms with Gasteiger partial charge >= 0.3 is 6.61 Å². The van der Waals surface area contributed by atoms with Crippen molar-refractivity contribution in [2.45, 2.75) is 11.5 Å². The number of alkyl halides is 2. The zero-order chi connectivity index (χ0) is 17.2. The van der Waals surface area contributed by atoms with Gasteiger partial charge in [0.25, 0.3) is 10.0 Å². The van der Waals surface area contributed by atoms with Crippen LogP contribution in [0, 0.1) is 0 Å². The topological polar surface area (TPSA) is 64.6 Å². The molecule has 1 aromatic heterocycles. The number of halogens is 4. The lowest BCUT2D eigenvalue weighted by Crippen LogP contribution is -2.13. The summed E-state index contributed by atoms with van der Waals surface area (Å²) in [6.45, 7) is -3.08. The Bertz CT molecular complexity index is 811. The van der Waals surface area contributed by atoms with Crippen LogP contribution in [0.25, 0.3) is 0 Å². The third-order valence-electron chi connectivity index (χ3n) is 2.55. The van der Waals surface area contributed by atoms with Gasteiger partial charge in [0.05, 0.1) is 17.1 Å². The van der Waals surface area contributed by atoms with Crippen LogP contribution in [0.15, 0.2) is 29.2 Å². The molecule has 0 saturated heterocycles. The van der Waals surface area contributed by atoms with Crippen molar-refractivity contribution in [3.8, 4) is 11.5 Å². The van der Waals surface area contributed by atoms with Crippen LogP contribution in [0.3, 0.4) is 0 Å². The summed E-state index contributed by atoms with van der Waals surface area (Å²) in [5.41, 5.74) is -0.000149. The van der Waals surface area contributed by atoms with Crippen molar-refractivity contribution in [1.82, 2.24) is 0 Å². The fraction of sp³-hybridized carbons (Fsp3) is 0.167. The molecule has 0 fully saturated rings. The molecule has 0 atom stereocenters. The Labute approximate surface area is 144 Å². The van der Waals surface area contributed by atoms with Crippen molar-refractivity contribution < 1.29 is 26.7 Å². The molecular weight excluding hydrogens is 395 g/mol. The highest BCUT2D eigenvalue weighted by atomic mass is 35.5. The highest BCUT2D eigenvalue weighted by Gasteiger charge is 2.22. The highest BCUT2D eigenvalue weighted by molar-refractivity contribution is 7.93. The zero-order valence-electron chi connectivity index (χ0n) is 11.3. The second-order valence-electron chi connectivity index (χ2n) is 4.04. The van der Waals surface area contributed by atoms with Crippen molar-refractivity contribution in [1.29, 1.82) is 0 Å². The fourth-order valence-electron chi connectivity index (χ4n) is 1.65. The number of nitrogens with one attached hydrogen (secondary N) is 1. The number of anilines is 1. The second kappa shape index (κ2) is 7.08. The van der Waals surface area contributed by atoms with Crippen molar-refractivity contribution in [3.05, 3.63) is 32.9 Å². The van der Waals surface area contributed by atoms with Gasteiger partial charge in [0.1, 0.15) is 9.23 Å². The summed E-state index contributed by atoms with van der Waals surface area (Å²) in [4.78, 5) is -0.207. The minimum absolute atomic E-state index is 0.000149. The van der Waals surface area contributed by atoms with E-state index in [0.717, 1.165) is 17.4 Å². The van der Waals surface area contributed by atoms with E-state index in [9.17, 15) is 17.2 Å². The maximum absolute atomic E-state index is 12.4. The molecule has 2 aromatic rings. The van der Waals surface area contributed by atoms with E-state index >= 15 is 0 Å². The lowest BCUT2D eigenvalue weighted by molar-refractivity contribution is -0.0511. The summed E-state index contributed by atoms with van der Waals surface area (Å²) in [5, 5.41) is 0. The predicted molar refractivity (Wildman–Crippen MR) is 84.8 cm³/mol. The molecule has 5 nitrogen and oxygen atoms in total. The van der Waals surface area contributed by atoms with E-state index in [0.29, 0.717) is 0 Å². The van der Waals surface area contributed by atoms with Gasteiger partial charge in [-0.15, -0.1) is 11.3 Å². The van der Waals surface area contributed by atoms with Crippen molar-refractivity contribution in [3.63, 3.8) is 0 Å². The molecule has 0 bridgehead atoms. The Balaban J connectivity index is 2.34. The quantitative estimate of drug-likeness (QED) is 0.772. The minimum Gasteiger partial charge on any atom is -0.493 e. The maximum Gasteiger partial charge on any atom is 0.387 e. The van der Waals surface area contributed by atoms with E-state index in [2.05, 4.69) is 9.46 Å². The third-order valence-corrected chi connectivity index (χ3v) is 5.68. The van der Waals surface area contributed by atoms with Crippen LogP contribution >= 0.6 is 34.5 Å². The monoisotopic (exact) mass is 403 g/mol. The molecule has 1 heterocycles. The normalized spacial score (nSPS) is 11.6. The predicted octanol–water partition coefficient (Wildman–Crippen LogP) is 4.47. The van der Waals surface area contributed by atoms with Gasteiger partial charge in [-0.1, -0.05) is 23.2 Å². The first kappa shape index (κ1) is 18.1. The Morgan fingerprint density at radius 2 is 1.91 bits per heavy atom. The number of thiophene rings is 1. The average molecular weight is 404 g/mol. The van der Waals surface area contributed by atoms with E-state index in [1.54, 1.807) is 0 Å². The van der Waals surface area contributed by atoms with Gasteiger partial charge in [-0.2, -0.15) is 8.78 Å². The Morgan fingerprint density at radius 1 is 1.22 bits per heavy atom. The van der Waals surface area contributed by atoms with Crippen LogP contribution in [0.1, 0.15) is 0 Å². The van der Waals surface area contributed by atoms with Gasteiger partial charge in [0, 0.05) is 6.07 Å². The molecule has 2 rings (SSSR count). The SMILES string of the molecule is COc1ccc(NS(=O)(=O)c2cc(Cl)sc2Cl)cc1OC(F)F. The number of methoxy groups -OCH3 is 1. The first-order chi connectivity index (χ1) is 10.7. The van der Waals surface area contributed by atoms with Gasteiger partial charge in [0.2, 0.25) is 0 Å². The molecule has 0 aliphatic rings. The molecule has 0 saturated carbocycles.